The largest absolute Gasteiger partial charge is 0.375 e. The highest BCUT2D eigenvalue weighted by Gasteiger charge is 2.35. The first-order valence-corrected chi connectivity index (χ1v) is 7.91. The molecule has 0 bridgehead atoms. The lowest BCUT2D eigenvalue weighted by atomic mass is 10.1. The first kappa shape index (κ1) is 15.2. The summed E-state index contributed by atoms with van der Waals surface area (Å²) in [7, 11) is 0. The lowest BCUT2D eigenvalue weighted by Crippen LogP contribution is -2.60. The predicted octanol–water partition coefficient (Wildman–Crippen LogP) is 2.71. The smallest absolute Gasteiger partial charge is 0.128 e. The van der Waals surface area contributed by atoms with E-state index in [0.717, 1.165) is 26.2 Å². The van der Waals surface area contributed by atoms with Crippen molar-refractivity contribution in [1.29, 1.82) is 0 Å². The van der Waals surface area contributed by atoms with E-state index in [-0.39, 0.29) is 0 Å². The van der Waals surface area contributed by atoms with Crippen molar-refractivity contribution in [2.45, 2.75) is 25.7 Å². The number of rotatable bonds is 4. The third-order valence-electron chi connectivity index (χ3n) is 4.36. The molecule has 0 aliphatic carbocycles. The van der Waals surface area contributed by atoms with Crippen molar-refractivity contribution in [2.75, 3.05) is 19.6 Å². The molecule has 2 aromatic rings. The highest BCUT2D eigenvalue weighted by atomic mass is 16.3. The average molecular weight is 296 g/mol. The Balaban J connectivity index is 1.62. The fourth-order valence-corrected chi connectivity index (χ4v) is 3.14. The molecule has 1 heterocycles. The zero-order valence-corrected chi connectivity index (χ0v) is 13.2. The van der Waals surface area contributed by atoms with E-state index in [1.165, 1.54) is 11.1 Å². The van der Waals surface area contributed by atoms with Crippen LogP contribution in [-0.4, -0.2) is 40.3 Å². The molecule has 3 heteroatoms. The topological polar surface area (TPSA) is 26.7 Å². The van der Waals surface area contributed by atoms with E-state index in [1.54, 1.807) is 0 Å². The number of benzene rings is 2. The van der Waals surface area contributed by atoms with Crippen LogP contribution in [0, 0.1) is 0 Å². The number of hydrogen-bond donors (Lipinski definition) is 1. The molecule has 3 nitrogen and oxygen atoms in total. The van der Waals surface area contributed by atoms with Crippen LogP contribution in [0.25, 0.3) is 0 Å². The van der Waals surface area contributed by atoms with Crippen molar-refractivity contribution < 1.29 is 5.11 Å². The number of β-amino-alcohol motifs (C(OH)–C–C–N with tert-alkyl or cyclic N) is 1. The molecule has 116 valence electrons. The zero-order chi connectivity index (χ0) is 15.4. The van der Waals surface area contributed by atoms with Crippen LogP contribution in [0.4, 0.5) is 0 Å². The van der Waals surface area contributed by atoms with Crippen molar-refractivity contribution in [3.63, 3.8) is 0 Å². The summed E-state index contributed by atoms with van der Waals surface area (Å²) in [6.07, 6.45) is 0. The quantitative estimate of drug-likeness (QED) is 0.940. The molecule has 0 aromatic heterocycles. The van der Waals surface area contributed by atoms with Crippen molar-refractivity contribution >= 4 is 0 Å². The molecule has 1 fully saturated rings. The van der Waals surface area contributed by atoms with Crippen LogP contribution in [0.1, 0.15) is 18.1 Å². The van der Waals surface area contributed by atoms with E-state index in [4.69, 9.17) is 0 Å². The van der Waals surface area contributed by atoms with Gasteiger partial charge in [-0.25, -0.2) is 0 Å². The molecule has 0 saturated carbocycles. The maximum absolute atomic E-state index is 10.8. The van der Waals surface area contributed by atoms with Gasteiger partial charge >= 0.3 is 0 Å². The molecule has 22 heavy (non-hydrogen) atoms. The van der Waals surface area contributed by atoms with Gasteiger partial charge in [0.2, 0.25) is 0 Å². The van der Waals surface area contributed by atoms with E-state index in [9.17, 15) is 5.11 Å². The summed E-state index contributed by atoms with van der Waals surface area (Å²) in [6.45, 7) is 6.16. The highest BCUT2D eigenvalue weighted by Crippen LogP contribution is 2.22. The van der Waals surface area contributed by atoms with Gasteiger partial charge in [0.25, 0.3) is 0 Å². The van der Waals surface area contributed by atoms with Crippen molar-refractivity contribution in [3.8, 4) is 0 Å². The van der Waals surface area contributed by atoms with Gasteiger partial charge < -0.3 is 5.11 Å². The molecular formula is C19H24N2O. The molecule has 1 aliphatic rings. The van der Waals surface area contributed by atoms with Gasteiger partial charge in [-0.05, 0) is 18.1 Å². The Morgan fingerprint density at radius 3 is 1.95 bits per heavy atom. The third-order valence-corrected chi connectivity index (χ3v) is 4.36. The monoisotopic (exact) mass is 296 g/mol. The zero-order valence-electron chi connectivity index (χ0n) is 13.2. The number of aliphatic hydroxyl groups is 1. The molecule has 1 N–H and O–H groups in total. The molecule has 1 unspecified atom stereocenters. The van der Waals surface area contributed by atoms with E-state index < -0.39 is 5.72 Å². The normalized spacial score (nSPS) is 23.5. The maximum Gasteiger partial charge on any atom is 0.128 e. The summed E-state index contributed by atoms with van der Waals surface area (Å²) in [4.78, 5) is 4.50. The number of piperazine rings is 1. The van der Waals surface area contributed by atoms with Gasteiger partial charge in [-0.2, -0.15) is 0 Å². The van der Waals surface area contributed by atoms with Gasteiger partial charge in [0.1, 0.15) is 5.72 Å². The first-order valence-electron chi connectivity index (χ1n) is 7.91. The van der Waals surface area contributed by atoms with Crippen LogP contribution in [-0.2, 0) is 13.1 Å². The summed E-state index contributed by atoms with van der Waals surface area (Å²) < 4.78 is 0. The van der Waals surface area contributed by atoms with Crippen LogP contribution < -0.4 is 0 Å². The van der Waals surface area contributed by atoms with E-state index in [2.05, 4.69) is 58.3 Å². The molecule has 0 spiro atoms. The molecule has 0 radical (unpaired) electrons. The summed E-state index contributed by atoms with van der Waals surface area (Å²) >= 11 is 0. The van der Waals surface area contributed by atoms with Gasteiger partial charge in [0, 0.05) is 32.7 Å². The van der Waals surface area contributed by atoms with Crippen molar-refractivity contribution in [3.05, 3.63) is 71.8 Å². The van der Waals surface area contributed by atoms with Gasteiger partial charge in [0.15, 0.2) is 0 Å². The fourth-order valence-electron chi connectivity index (χ4n) is 3.14. The summed E-state index contributed by atoms with van der Waals surface area (Å²) in [6, 6.07) is 20.8. The maximum atomic E-state index is 10.8. The van der Waals surface area contributed by atoms with Gasteiger partial charge in [-0.15, -0.1) is 0 Å². The SMILES string of the molecule is CC1(O)CN(Cc2ccccc2)CCN1Cc1ccccc1. The standard InChI is InChI=1S/C19H24N2O/c1-19(22)16-20(14-17-8-4-2-5-9-17)12-13-21(19)15-18-10-6-3-7-11-18/h2-11,22H,12-16H2,1H3. The lowest BCUT2D eigenvalue weighted by molar-refractivity contribution is -0.145. The van der Waals surface area contributed by atoms with Crippen LogP contribution in [0.2, 0.25) is 0 Å². The highest BCUT2D eigenvalue weighted by molar-refractivity contribution is 5.16. The van der Waals surface area contributed by atoms with Gasteiger partial charge in [-0.1, -0.05) is 60.7 Å². The molecule has 1 aliphatic heterocycles. The molecule has 0 amide bonds. The number of hydrogen-bond acceptors (Lipinski definition) is 3. The average Bonchev–Trinajstić information content (AvgIpc) is 2.52. The Labute approximate surface area is 132 Å². The van der Waals surface area contributed by atoms with Gasteiger partial charge in [-0.3, -0.25) is 9.80 Å². The van der Waals surface area contributed by atoms with Crippen LogP contribution in [0.5, 0.6) is 0 Å². The summed E-state index contributed by atoms with van der Waals surface area (Å²) in [5.41, 5.74) is 1.76. The molecule has 3 rings (SSSR count). The van der Waals surface area contributed by atoms with Gasteiger partial charge in [0.05, 0.1) is 0 Å². The molecule has 2 aromatic carbocycles. The predicted molar refractivity (Wildman–Crippen MR) is 89.2 cm³/mol. The Morgan fingerprint density at radius 2 is 1.41 bits per heavy atom. The van der Waals surface area contributed by atoms with E-state index in [0.29, 0.717) is 6.54 Å². The molecule has 1 atom stereocenters. The summed E-state index contributed by atoms with van der Waals surface area (Å²) in [5.74, 6) is 0. The minimum absolute atomic E-state index is 0.675. The van der Waals surface area contributed by atoms with E-state index >= 15 is 0 Å². The van der Waals surface area contributed by atoms with Crippen LogP contribution in [0.15, 0.2) is 60.7 Å². The Hall–Kier alpha value is -1.68. The second-order valence-corrected chi connectivity index (χ2v) is 6.32. The van der Waals surface area contributed by atoms with E-state index in [1.807, 2.05) is 19.1 Å². The third kappa shape index (κ3) is 3.74. The second-order valence-electron chi connectivity index (χ2n) is 6.32. The first-order chi connectivity index (χ1) is 10.6. The fraction of sp³-hybridized carbons (Fsp3) is 0.368. The minimum Gasteiger partial charge on any atom is -0.375 e. The van der Waals surface area contributed by atoms with Crippen LogP contribution >= 0.6 is 0 Å². The molecule has 1 saturated heterocycles. The van der Waals surface area contributed by atoms with Crippen molar-refractivity contribution in [1.82, 2.24) is 9.80 Å². The molecular weight excluding hydrogens is 272 g/mol. The van der Waals surface area contributed by atoms with Crippen LogP contribution in [0.3, 0.4) is 0 Å². The Bertz CT molecular complexity index is 583. The summed E-state index contributed by atoms with van der Waals surface area (Å²) in [5, 5.41) is 10.8. The Kier molecular flexibility index (Phi) is 4.57. The van der Waals surface area contributed by atoms with Crippen molar-refractivity contribution in [2.24, 2.45) is 0 Å². The number of nitrogens with zero attached hydrogens (tertiary/aromatic N) is 2. The second kappa shape index (κ2) is 6.61. The Morgan fingerprint density at radius 1 is 0.864 bits per heavy atom. The minimum atomic E-state index is -0.789. The lowest BCUT2D eigenvalue weighted by Gasteiger charge is -2.45.